The minimum absolute atomic E-state index is 0. The summed E-state index contributed by atoms with van der Waals surface area (Å²) in [5.41, 5.74) is 0.0175. The minimum atomic E-state index is -5.03. The van der Waals surface area contributed by atoms with Gasteiger partial charge >= 0.3 is 58.4 Å². The molecule has 0 N–H and O–H groups in total. The van der Waals surface area contributed by atoms with Gasteiger partial charge in [0, 0.05) is 0 Å². The van der Waals surface area contributed by atoms with Crippen molar-refractivity contribution in [2.24, 2.45) is 5.92 Å². The zero-order valence-corrected chi connectivity index (χ0v) is 16.2. The molecule has 1 fully saturated rings. The third-order valence-electron chi connectivity index (χ3n) is 4.18. The van der Waals surface area contributed by atoms with Gasteiger partial charge in [0.05, 0.1) is 11.9 Å². The molecule has 0 saturated heterocycles. The van der Waals surface area contributed by atoms with Gasteiger partial charge in [-0.25, -0.2) is 0 Å². The zero-order chi connectivity index (χ0) is 14.8. The Labute approximate surface area is 167 Å². The quantitative estimate of drug-likeness (QED) is 0.761. The maximum absolute atomic E-state index is 13.1. The standard InChI is InChI=1S/C15H21BF3O.K/c1-3-12-5-7-13(8-6-12)20-15-9-4-11(2)10-14(15)16(17,18)19;/h4,9-10,12-13H,3,5-8H2,1-2H3;/q-1;+1. The minimum Gasteiger partial charge on any atom is -0.493 e. The van der Waals surface area contributed by atoms with Gasteiger partial charge in [-0.3, -0.25) is 0 Å². The van der Waals surface area contributed by atoms with Gasteiger partial charge in [0.15, 0.2) is 0 Å². The molecule has 0 atom stereocenters. The summed E-state index contributed by atoms with van der Waals surface area (Å²) in [7, 11) is 0. The molecule has 1 saturated carbocycles. The summed E-state index contributed by atoms with van der Waals surface area (Å²) in [5.74, 6) is 0.710. The second-order valence-corrected chi connectivity index (χ2v) is 5.78. The molecule has 1 aromatic carbocycles. The Morgan fingerprint density at radius 2 is 1.76 bits per heavy atom. The third-order valence-corrected chi connectivity index (χ3v) is 4.18. The van der Waals surface area contributed by atoms with Crippen LogP contribution < -0.4 is 61.6 Å². The molecule has 1 aliphatic carbocycles. The van der Waals surface area contributed by atoms with E-state index in [1.54, 1.807) is 13.0 Å². The average molecular weight is 324 g/mol. The van der Waals surface area contributed by atoms with Crippen molar-refractivity contribution in [1.82, 2.24) is 0 Å². The van der Waals surface area contributed by atoms with Crippen molar-refractivity contribution in [2.45, 2.75) is 52.1 Å². The van der Waals surface area contributed by atoms with Crippen molar-refractivity contribution in [3.8, 4) is 5.75 Å². The van der Waals surface area contributed by atoms with E-state index >= 15 is 0 Å². The van der Waals surface area contributed by atoms with Gasteiger partial charge in [0.1, 0.15) is 0 Å². The predicted octanol–water partition coefficient (Wildman–Crippen LogP) is 1.40. The molecule has 0 spiro atoms. The number of rotatable bonds is 4. The van der Waals surface area contributed by atoms with E-state index < -0.39 is 12.4 Å². The van der Waals surface area contributed by atoms with Crippen molar-refractivity contribution >= 4 is 12.4 Å². The smallest absolute Gasteiger partial charge is 0.493 e. The monoisotopic (exact) mass is 324 g/mol. The molecule has 21 heavy (non-hydrogen) atoms. The summed E-state index contributed by atoms with van der Waals surface area (Å²) in [6.45, 7) is -1.19. The van der Waals surface area contributed by atoms with Crippen molar-refractivity contribution in [3.05, 3.63) is 23.8 Å². The van der Waals surface area contributed by atoms with Crippen LogP contribution in [0.25, 0.3) is 0 Å². The molecule has 0 radical (unpaired) electrons. The van der Waals surface area contributed by atoms with Gasteiger partial charge in [-0.15, -0.1) is 0 Å². The van der Waals surface area contributed by atoms with Gasteiger partial charge in [0.2, 0.25) is 0 Å². The second-order valence-electron chi connectivity index (χ2n) is 5.78. The van der Waals surface area contributed by atoms with E-state index in [-0.39, 0.29) is 63.2 Å². The van der Waals surface area contributed by atoms with Gasteiger partial charge < -0.3 is 17.7 Å². The first kappa shape index (κ1) is 19.6. The predicted molar refractivity (Wildman–Crippen MR) is 76.6 cm³/mol. The van der Waals surface area contributed by atoms with Gasteiger partial charge in [-0.1, -0.05) is 36.5 Å². The topological polar surface area (TPSA) is 9.23 Å². The molecule has 2 rings (SSSR count). The first-order valence-corrected chi connectivity index (χ1v) is 7.37. The number of hydrogen-bond donors (Lipinski definition) is 0. The van der Waals surface area contributed by atoms with Crippen molar-refractivity contribution < 1.29 is 69.1 Å². The molecular weight excluding hydrogens is 303 g/mol. The fourth-order valence-corrected chi connectivity index (χ4v) is 2.87. The molecular formula is C15H21BF3KO. The van der Waals surface area contributed by atoms with Gasteiger partial charge in [-0.05, 0) is 44.6 Å². The molecule has 0 amide bonds. The maximum atomic E-state index is 13.1. The van der Waals surface area contributed by atoms with Gasteiger partial charge in [0.25, 0.3) is 0 Å². The molecule has 0 heterocycles. The fourth-order valence-electron chi connectivity index (χ4n) is 2.87. The van der Waals surface area contributed by atoms with Gasteiger partial charge in [-0.2, -0.15) is 0 Å². The molecule has 112 valence electrons. The van der Waals surface area contributed by atoms with Crippen LogP contribution in [-0.2, 0) is 0 Å². The van der Waals surface area contributed by atoms with E-state index in [1.165, 1.54) is 12.1 Å². The summed E-state index contributed by atoms with van der Waals surface area (Å²) in [5, 5.41) is 0. The van der Waals surface area contributed by atoms with Crippen LogP contribution in [0.1, 0.15) is 44.6 Å². The van der Waals surface area contributed by atoms with Crippen LogP contribution in [0.15, 0.2) is 18.2 Å². The third kappa shape index (κ3) is 5.57. The number of ether oxygens (including phenoxy) is 1. The molecule has 1 aliphatic rings. The van der Waals surface area contributed by atoms with E-state index in [9.17, 15) is 12.9 Å². The molecule has 0 unspecified atom stereocenters. The summed E-state index contributed by atoms with van der Waals surface area (Å²) in [6.07, 6.45) is 4.90. The van der Waals surface area contributed by atoms with Crippen LogP contribution in [0.2, 0.25) is 0 Å². The molecule has 6 heteroatoms. The molecule has 0 aromatic heterocycles. The van der Waals surface area contributed by atoms with Crippen LogP contribution >= 0.6 is 0 Å². The first-order valence-electron chi connectivity index (χ1n) is 7.37. The molecule has 1 nitrogen and oxygen atoms in total. The Morgan fingerprint density at radius 1 is 1.14 bits per heavy atom. The van der Waals surface area contributed by atoms with Crippen molar-refractivity contribution in [2.75, 3.05) is 0 Å². The van der Waals surface area contributed by atoms with Crippen molar-refractivity contribution in [3.63, 3.8) is 0 Å². The van der Waals surface area contributed by atoms with Crippen LogP contribution in [0.3, 0.4) is 0 Å². The number of halogens is 3. The average Bonchev–Trinajstić information content (AvgIpc) is 2.40. The van der Waals surface area contributed by atoms with Crippen LogP contribution in [0.5, 0.6) is 5.75 Å². The van der Waals surface area contributed by atoms with E-state index in [0.717, 1.165) is 32.1 Å². The first-order chi connectivity index (χ1) is 9.40. The van der Waals surface area contributed by atoms with E-state index in [4.69, 9.17) is 4.74 Å². The zero-order valence-electron chi connectivity index (χ0n) is 13.0. The summed E-state index contributed by atoms with van der Waals surface area (Å²) in [4.78, 5) is 0. The normalized spacial score (nSPS) is 22.5. The molecule has 1 aromatic rings. The van der Waals surface area contributed by atoms with E-state index in [0.29, 0.717) is 11.5 Å². The number of hydrogen-bond acceptors (Lipinski definition) is 1. The Balaban J connectivity index is 0.00000220. The molecule has 0 aliphatic heterocycles. The number of aryl methyl sites for hydroxylation is 1. The summed E-state index contributed by atoms with van der Waals surface area (Å²) < 4.78 is 44.9. The van der Waals surface area contributed by atoms with Crippen LogP contribution in [-0.4, -0.2) is 13.1 Å². The molecule has 0 bridgehead atoms. The Bertz CT molecular complexity index is 457. The largest absolute Gasteiger partial charge is 1.00 e. The second kappa shape index (κ2) is 8.39. The SMILES string of the molecule is CCC1CCC(Oc2ccc(C)cc2[B-](F)(F)F)CC1.[K+]. The van der Waals surface area contributed by atoms with Crippen LogP contribution in [0.4, 0.5) is 12.9 Å². The van der Waals surface area contributed by atoms with E-state index in [1.807, 2.05) is 0 Å². The summed E-state index contributed by atoms with van der Waals surface area (Å²) in [6, 6.07) is 4.33. The fraction of sp³-hybridized carbons (Fsp3) is 0.600. The number of benzene rings is 1. The maximum Gasteiger partial charge on any atom is 1.00 e. The Morgan fingerprint density at radius 3 is 2.29 bits per heavy atom. The van der Waals surface area contributed by atoms with Crippen LogP contribution in [0, 0.1) is 12.8 Å². The Kier molecular flexibility index (Phi) is 7.81. The Hall–Kier alpha value is 0.511. The van der Waals surface area contributed by atoms with E-state index in [2.05, 4.69) is 6.92 Å². The van der Waals surface area contributed by atoms with Crippen molar-refractivity contribution in [1.29, 1.82) is 0 Å². The summed E-state index contributed by atoms with van der Waals surface area (Å²) >= 11 is 0.